The van der Waals surface area contributed by atoms with Crippen LogP contribution < -0.4 is 11.3 Å². The van der Waals surface area contributed by atoms with Crippen LogP contribution >= 0.6 is 0 Å². The van der Waals surface area contributed by atoms with Gasteiger partial charge in [-0.25, -0.2) is 0 Å². The van der Waals surface area contributed by atoms with Crippen molar-refractivity contribution in [2.75, 3.05) is 0 Å². The number of aryl methyl sites for hydroxylation is 1. The van der Waals surface area contributed by atoms with Crippen molar-refractivity contribution in [2.24, 2.45) is 5.84 Å². The van der Waals surface area contributed by atoms with Crippen molar-refractivity contribution in [1.29, 1.82) is 0 Å². The Labute approximate surface area is 124 Å². The van der Waals surface area contributed by atoms with Gasteiger partial charge in [-0.05, 0) is 35.7 Å². The zero-order chi connectivity index (χ0) is 14.7. The maximum Gasteiger partial charge on any atom is 0.0669 e. The van der Waals surface area contributed by atoms with Crippen LogP contribution in [0.15, 0.2) is 54.7 Å². The van der Waals surface area contributed by atoms with Crippen LogP contribution in [-0.4, -0.2) is 9.78 Å². The third kappa shape index (κ3) is 2.82. The monoisotopic (exact) mass is 280 g/mol. The van der Waals surface area contributed by atoms with Crippen molar-refractivity contribution < 1.29 is 0 Å². The largest absolute Gasteiger partial charge is 0.271 e. The van der Waals surface area contributed by atoms with Crippen molar-refractivity contribution in [3.05, 3.63) is 66.0 Å². The molecule has 4 heteroatoms. The van der Waals surface area contributed by atoms with Crippen LogP contribution in [0.1, 0.15) is 24.2 Å². The lowest BCUT2D eigenvalue weighted by Crippen LogP contribution is -2.31. The standard InChI is InChI=1S/C17H20N4/c1-2-21-17(9-10-19-21)16(20-18)12-13-7-8-14-5-3-4-6-15(14)11-13/h3-11,16,20H,2,12,18H2,1H3. The van der Waals surface area contributed by atoms with E-state index in [-0.39, 0.29) is 6.04 Å². The molecule has 0 radical (unpaired) electrons. The van der Waals surface area contributed by atoms with Gasteiger partial charge in [0.15, 0.2) is 0 Å². The fourth-order valence-corrected chi connectivity index (χ4v) is 2.75. The molecule has 0 aliphatic carbocycles. The van der Waals surface area contributed by atoms with Crippen molar-refractivity contribution in [3.63, 3.8) is 0 Å². The second-order valence-corrected chi connectivity index (χ2v) is 5.18. The zero-order valence-corrected chi connectivity index (χ0v) is 12.2. The quantitative estimate of drug-likeness (QED) is 0.558. The first-order valence-corrected chi connectivity index (χ1v) is 7.27. The minimum Gasteiger partial charge on any atom is -0.271 e. The van der Waals surface area contributed by atoms with Gasteiger partial charge in [0.05, 0.1) is 11.7 Å². The molecule has 3 aromatic rings. The lowest BCUT2D eigenvalue weighted by molar-refractivity contribution is 0.491. The summed E-state index contributed by atoms with van der Waals surface area (Å²) in [5.74, 6) is 5.76. The van der Waals surface area contributed by atoms with Crippen LogP contribution in [0.25, 0.3) is 10.8 Å². The second kappa shape index (κ2) is 6.08. The molecule has 1 heterocycles. The minimum atomic E-state index is 0.0635. The summed E-state index contributed by atoms with van der Waals surface area (Å²) in [4.78, 5) is 0. The van der Waals surface area contributed by atoms with E-state index in [2.05, 4.69) is 59.9 Å². The number of nitrogens with one attached hydrogen (secondary N) is 1. The Morgan fingerprint density at radius 2 is 1.95 bits per heavy atom. The number of aromatic nitrogens is 2. The van der Waals surface area contributed by atoms with E-state index >= 15 is 0 Å². The first-order valence-electron chi connectivity index (χ1n) is 7.27. The molecule has 0 amide bonds. The normalized spacial score (nSPS) is 12.7. The molecular weight excluding hydrogens is 260 g/mol. The molecule has 108 valence electrons. The molecule has 1 unspecified atom stereocenters. The summed E-state index contributed by atoms with van der Waals surface area (Å²) in [6.07, 6.45) is 2.66. The summed E-state index contributed by atoms with van der Waals surface area (Å²) < 4.78 is 1.98. The topological polar surface area (TPSA) is 55.9 Å². The number of hydrogen-bond donors (Lipinski definition) is 2. The van der Waals surface area contributed by atoms with Crippen LogP contribution in [0, 0.1) is 0 Å². The molecule has 0 aliphatic heterocycles. The summed E-state index contributed by atoms with van der Waals surface area (Å²) in [5.41, 5.74) is 5.30. The highest BCUT2D eigenvalue weighted by atomic mass is 15.3. The van der Waals surface area contributed by atoms with Gasteiger partial charge >= 0.3 is 0 Å². The van der Waals surface area contributed by atoms with E-state index in [9.17, 15) is 0 Å². The van der Waals surface area contributed by atoms with Gasteiger partial charge in [-0.15, -0.1) is 0 Å². The molecule has 2 aromatic carbocycles. The van der Waals surface area contributed by atoms with E-state index in [0.29, 0.717) is 0 Å². The number of nitrogens with two attached hydrogens (primary N) is 1. The Morgan fingerprint density at radius 1 is 1.14 bits per heavy atom. The average Bonchev–Trinajstić information content (AvgIpc) is 3.01. The molecule has 0 saturated heterocycles. The highest BCUT2D eigenvalue weighted by Crippen LogP contribution is 2.21. The molecule has 1 atom stereocenters. The summed E-state index contributed by atoms with van der Waals surface area (Å²) in [6, 6.07) is 17.0. The van der Waals surface area contributed by atoms with Crippen molar-refractivity contribution in [3.8, 4) is 0 Å². The summed E-state index contributed by atoms with van der Waals surface area (Å²) in [6.45, 7) is 2.93. The van der Waals surface area contributed by atoms with Gasteiger partial charge in [0.1, 0.15) is 0 Å². The Kier molecular flexibility index (Phi) is 3.99. The molecule has 0 bridgehead atoms. The maximum atomic E-state index is 5.76. The molecule has 0 fully saturated rings. The molecular formula is C17H20N4. The van der Waals surface area contributed by atoms with E-state index in [1.54, 1.807) is 0 Å². The van der Waals surface area contributed by atoms with Gasteiger partial charge in [0.25, 0.3) is 0 Å². The summed E-state index contributed by atoms with van der Waals surface area (Å²) in [7, 11) is 0. The van der Waals surface area contributed by atoms with E-state index in [1.807, 2.05) is 16.9 Å². The smallest absolute Gasteiger partial charge is 0.0669 e. The average molecular weight is 280 g/mol. The van der Waals surface area contributed by atoms with Crippen molar-refractivity contribution >= 4 is 10.8 Å². The lowest BCUT2D eigenvalue weighted by atomic mass is 10.0. The number of hydrogen-bond acceptors (Lipinski definition) is 3. The Hall–Kier alpha value is -2.17. The number of rotatable bonds is 5. The van der Waals surface area contributed by atoms with Crippen LogP contribution in [0.3, 0.4) is 0 Å². The Morgan fingerprint density at radius 3 is 2.71 bits per heavy atom. The van der Waals surface area contributed by atoms with Gasteiger partial charge < -0.3 is 0 Å². The van der Waals surface area contributed by atoms with Crippen molar-refractivity contribution in [1.82, 2.24) is 15.2 Å². The molecule has 0 aliphatic rings. The van der Waals surface area contributed by atoms with Gasteiger partial charge in [0.2, 0.25) is 0 Å². The molecule has 3 N–H and O–H groups in total. The van der Waals surface area contributed by atoms with E-state index < -0.39 is 0 Å². The number of hydrazine groups is 1. The Bertz CT molecular complexity index is 732. The Balaban J connectivity index is 1.88. The molecule has 1 aromatic heterocycles. The van der Waals surface area contributed by atoms with Crippen LogP contribution in [-0.2, 0) is 13.0 Å². The molecule has 0 saturated carbocycles. The lowest BCUT2D eigenvalue weighted by Gasteiger charge is -2.17. The van der Waals surface area contributed by atoms with Crippen molar-refractivity contribution in [2.45, 2.75) is 25.9 Å². The first kappa shape index (κ1) is 13.8. The number of nitrogens with zero attached hydrogens (tertiary/aromatic N) is 2. The highest BCUT2D eigenvalue weighted by molar-refractivity contribution is 5.83. The predicted molar refractivity (Wildman–Crippen MR) is 85.6 cm³/mol. The molecule has 3 rings (SSSR count). The molecule has 0 spiro atoms. The van der Waals surface area contributed by atoms with E-state index in [1.165, 1.54) is 16.3 Å². The van der Waals surface area contributed by atoms with E-state index in [4.69, 9.17) is 5.84 Å². The summed E-state index contributed by atoms with van der Waals surface area (Å²) in [5, 5.41) is 6.84. The number of fused-ring (bicyclic) bond motifs is 1. The maximum absolute atomic E-state index is 5.76. The predicted octanol–water partition coefficient (Wildman–Crippen LogP) is 2.80. The number of benzene rings is 2. The first-order chi connectivity index (χ1) is 10.3. The van der Waals surface area contributed by atoms with Gasteiger partial charge in [-0.1, -0.05) is 42.5 Å². The van der Waals surface area contributed by atoms with Gasteiger partial charge in [-0.2, -0.15) is 5.10 Å². The molecule has 21 heavy (non-hydrogen) atoms. The van der Waals surface area contributed by atoms with Crippen LogP contribution in [0.4, 0.5) is 0 Å². The van der Waals surface area contributed by atoms with E-state index in [0.717, 1.165) is 18.7 Å². The fourth-order valence-electron chi connectivity index (χ4n) is 2.75. The summed E-state index contributed by atoms with van der Waals surface area (Å²) >= 11 is 0. The van der Waals surface area contributed by atoms with Crippen LogP contribution in [0.2, 0.25) is 0 Å². The van der Waals surface area contributed by atoms with Gasteiger partial charge in [-0.3, -0.25) is 16.0 Å². The third-order valence-corrected chi connectivity index (χ3v) is 3.86. The highest BCUT2D eigenvalue weighted by Gasteiger charge is 2.15. The van der Waals surface area contributed by atoms with Crippen LogP contribution in [0.5, 0.6) is 0 Å². The third-order valence-electron chi connectivity index (χ3n) is 3.86. The molecule has 4 nitrogen and oxygen atoms in total. The van der Waals surface area contributed by atoms with Gasteiger partial charge in [0, 0.05) is 12.7 Å². The zero-order valence-electron chi connectivity index (χ0n) is 12.2. The SMILES string of the molecule is CCn1nccc1C(Cc1ccc2ccccc2c1)NN. The fraction of sp³-hybridized carbons (Fsp3) is 0.235. The second-order valence-electron chi connectivity index (χ2n) is 5.18. The minimum absolute atomic E-state index is 0.0635.